The molecule has 0 spiro atoms. The molecule has 1 N–H and O–H groups in total. The summed E-state index contributed by atoms with van der Waals surface area (Å²) in [6.45, 7) is 7.27. The van der Waals surface area contributed by atoms with Crippen molar-refractivity contribution in [3.63, 3.8) is 0 Å². The molecular formula is C14H22ClN5. The lowest BCUT2D eigenvalue weighted by molar-refractivity contribution is 0.459. The Balaban J connectivity index is 2.46. The van der Waals surface area contributed by atoms with Gasteiger partial charge in [-0.3, -0.25) is 9.36 Å². The Morgan fingerprint density at radius 1 is 1.35 bits per heavy atom. The molecule has 0 saturated carbocycles. The molecule has 110 valence electrons. The van der Waals surface area contributed by atoms with Crippen molar-refractivity contribution < 1.29 is 0 Å². The van der Waals surface area contributed by atoms with Crippen molar-refractivity contribution in [2.24, 2.45) is 7.05 Å². The summed E-state index contributed by atoms with van der Waals surface area (Å²) in [5.41, 5.74) is 2.08. The Morgan fingerprint density at radius 2 is 2.10 bits per heavy atom. The molecule has 0 radical (unpaired) electrons. The van der Waals surface area contributed by atoms with E-state index in [0.717, 1.165) is 24.4 Å². The minimum absolute atomic E-state index is 0.000139. The normalized spacial score (nSPS) is 13.1. The lowest BCUT2D eigenvalue weighted by Gasteiger charge is -2.22. The van der Waals surface area contributed by atoms with Crippen molar-refractivity contribution >= 4 is 11.6 Å². The fraction of sp³-hybridized carbons (Fsp3) is 0.571. The molecule has 2 aromatic heterocycles. The quantitative estimate of drug-likeness (QED) is 0.891. The van der Waals surface area contributed by atoms with Crippen LogP contribution in [0.2, 0.25) is 5.02 Å². The third-order valence-electron chi connectivity index (χ3n) is 3.30. The van der Waals surface area contributed by atoms with Crippen LogP contribution in [-0.4, -0.2) is 26.1 Å². The molecular weight excluding hydrogens is 274 g/mol. The third-order valence-corrected chi connectivity index (χ3v) is 3.59. The number of nitrogens with one attached hydrogen (secondary N) is 1. The van der Waals surface area contributed by atoms with Crippen LogP contribution in [0, 0.1) is 0 Å². The second kappa shape index (κ2) is 6.41. The summed E-state index contributed by atoms with van der Waals surface area (Å²) in [5, 5.41) is 12.9. The first-order valence-corrected chi connectivity index (χ1v) is 7.38. The highest BCUT2D eigenvalue weighted by molar-refractivity contribution is 6.31. The summed E-state index contributed by atoms with van der Waals surface area (Å²) < 4.78 is 3.85. The molecule has 2 aromatic rings. The van der Waals surface area contributed by atoms with E-state index in [4.69, 9.17) is 11.6 Å². The number of rotatable bonds is 6. The highest BCUT2D eigenvalue weighted by Gasteiger charge is 2.24. The van der Waals surface area contributed by atoms with E-state index in [1.165, 1.54) is 0 Å². The highest BCUT2D eigenvalue weighted by Crippen LogP contribution is 2.29. The Hall–Kier alpha value is -1.33. The Labute approximate surface area is 124 Å². The number of aromatic nitrogens is 4. The fourth-order valence-electron chi connectivity index (χ4n) is 2.33. The summed E-state index contributed by atoms with van der Waals surface area (Å²) in [5.74, 6) is 0. The standard InChI is InChI=1S/C14H22ClN5/c1-5-7-16-13(12-6-8-17-19(12)4)14-11(15)9-18-20(14)10(2)3/h6,8-10,13,16H,5,7H2,1-4H3. The smallest absolute Gasteiger partial charge is 0.0934 e. The van der Waals surface area contributed by atoms with Crippen LogP contribution in [0.25, 0.3) is 0 Å². The largest absolute Gasteiger partial charge is 0.304 e. The maximum atomic E-state index is 6.38. The summed E-state index contributed by atoms with van der Waals surface area (Å²) >= 11 is 6.38. The van der Waals surface area contributed by atoms with Gasteiger partial charge in [-0.15, -0.1) is 0 Å². The van der Waals surface area contributed by atoms with Gasteiger partial charge in [-0.25, -0.2) is 0 Å². The lowest BCUT2D eigenvalue weighted by atomic mass is 10.1. The van der Waals surface area contributed by atoms with Crippen LogP contribution in [0.4, 0.5) is 0 Å². The van der Waals surface area contributed by atoms with Crippen molar-refractivity contribution in [1.29, 1.82) is 0 Å². The van der Waals surface area contributed by atoms with Gasteiger partial charge in [-0.1, -0.05) is 18.5 Å². The van der Waals surface area contributed by atoms with Gasteiger partial charge < -0.3 is 5.32 Å². The predicted octanol–water partition coefficient (Wildman–Crippen LogP) is 2.94. The first-order chi connectivity index (χ1) is 9.56. The molecule has 0 amide bonds. The van der Waals surface area contributed by atoms with Crippen LogP contribution in [0.5, 0.6) is 0 Å². The average Bonchev–Trinajstić information content (AvgIpc) is 2.98. The van der Waals surface area contributed by atoms with E-state index in [9.17, 15) is 0 Å². The Bertz CT molecular complexity index is 558. The van der Waals surface area contributed by atoms with E-state index in [1.807, 2.05) is 22.5 Å². The monoisotopic (exact) mass is 295 g/mol. The van der Waals surface area contributed by atoms with Crippen molar-refractivity contribution in [2.45, 2.75) is 39.3 Å². The van der Waals surface area contributed by atoms with E-state index in [2.05, 4.69) is 36.3 Å². The van der Waals surface area contributed by atoms with E-state index in [0.29, 0.717) is 5.02 Å². The van der Waals surface area contributed by atoms with Gasteiger partial charge in [-0.2, -0.15) is 10.2 Å². The minimum Gasteiger partial charge on any atom is -0.304 e. The molecule has 1 atom stereocenters. The van der Waals surface area contributed by atoms with Crippen molar-refractivity contribution in [3.05, 3.63) is 34.9 Å². The molecule has 20 heavy (non-hydrogen) atoms. The van der Waals surface area contributed by atoms with Crippen molar-refractivity contribution in [1.82, 2.24) is 24.9 Å². The van der Waals surface area contributed by atoms with E-state index >= 15 is 0 Å². The molecule has 2 rings (SSSR count). The topological polar surface area (TPSA) is 47.7 Å². The van der Waals surface area contributed by atoms with Crippen LogP contribution in [0.3, 0.4) is 0 Å². The molecule has 0 aromatic carbocycles. The number of aryl methyl sites for hydroxylation is 1. The van der Waals surface area contributed by atoms with Crippen LogP contribution in [0.15, 0.2) is 18.5 Å². The summed E-state index contributed by atoms with van der Waals surface area (Å²) in [4.78, 5) is 0. The van der Waals surface area contributed by atoms with Gasteiger partial charge in [0.05, 0.1) is 28.6 Å². The zero-order valence-electron chi connectivity index (χ0n) is 12.5. The zero-order valence-corrected chi connectivity index (χ0v) is 13.2. The summed E-state index contributed by atoms with van der Waals surface area (Å²) in [6, 6.07) is 2.28. The van der Waals surface area contributed by atoms with Gasteiger partial charge in [0, 0.05) is 19.3 Å². The van der Waals surface area contributed by atoms with Crippen LogP contribution >= 0.6 is 11.6 Å². The van der Waals surface area contributed by atoms with Crippen LogP contribution < -0.4 is 5.32 Å². The van der Waals surface area contributed by atoms with Crippen LogP contribution in [0.1, 0.15) is 50.7 Å². The van der Waals surface area contributed by atoms with Gasteiger partial charge in [0.1, 0.15) is 0 Å². The van der Waals surface area contributed by atoms with E-state index in [-0.39, 0.29) is 12.1 Å². The SMILES string of the molecule is CCCNC(c1ccnn1C)c1c(Cl)cnn1C(C)C. The molecule has 6 heteroatoms. The average molecular weight is 296 g/mol. The second-order valence-corrected chi connectivity index (χ2v) is 5.59. The van der Waals surface area contributed by atoms with Gasteiger partial charge >= 0.3 is 0 Å². The zero-order chi connectivity index (χ0) is 14.7. The van der Waals surface area contributed by atoms with Crippen molar-refractivity contribution in [3.8, 4) is 0 Å². The first-order valence-electron chi connectivity index (χ1n) is 7.00. The Morgan fingerprint density at radius 3 is 2.65 bits per heavy atom. The molecule has 0 aliphatic rings. The Kier molecular flexibility index (Phi) is 4.83. The molecule has 0 fully saturated rings. The van der Waals surface area contributed by atoms with Gasteiger partial charge in [0.25, 0.3) is 0 Å². The minimum atomic E-state index is -0.000139. The van der Waals surface area contributed by atoms with Gasteiger partial charge in [-0.05, 0) is 32.9 Å². The molecule has 5 nitrogen and oxygen atoms in total. The predicted molar refractivity (Wildman–Crippen MR) is 81.0 cm³/mol. The van der Waals surface area contributed by atoms with Crippen molar-refractivity contribution in [2.75, 3.05) is 6.54 Å². The molecule has 0 saturated heterocycles. The lowest BCUT2D eigenvalue weighted by Crippen LogP contribution is -2.28. The first kappa shape index (κ1) is 15.1. The maximum absolute atomic E-state index is 6.38. The molecule has 0 bridgehead atoms. The maximum Gasteiger partial charge on any atom is 0.0934 e. The molecule has 0 aliphatic carbocycles. The van der Waals surface area contributed by atoms with Crippen LogP contribution in [-0.2, 0) is 7.05 Å². The summed E-state index contributed by atoms with van der Waals surface area (Å²) in [7, 11) is 1.94. The van der Waals surface area contributed by atoms with Gasteiger partial charge in [0.2, 0.25) is 0 Å². The van der Waals surface area contributed by atoms with Gasteiger partial charge in [0.15, 0.2) is 0 Å². The fourth-order valence-corrected chi connectivity index (χ4v) is 2.57. The molecule has 0 aliphatic heterocycles. The number of hydrogen-bond donors (Lipinski definition) is 1. The molecule has 2 heterocycles. The summed E-state index contributed by atoms with van der Waals surface area (Å²) in [6.07, 6.45) is 4.58. The highest BCUT2D eigenvalue weighted by atomic mass is 35.5. The number of hydrogen-bond acceptors (Lipinski definition) is 3. The number of nitrogens with zero attached hydrogens (tertiary/aromatic N) is 4. The second-order valence-electron chi connectivity index (χ2n) is 5.18. The van der Waals surface area contributed by atoms with E-state index in [1.54, 1.807) is 12.4 Å². The third kappa shape index (κ3) is 2.88. The van der Waals surface area contributed by atoms with E-state index < -0.39 is 0 Å². The number of halogens is 1. The molecule has 1 unspecified atom stereocenters.